The highest BCUT2D eigenvalue weighted by Crippen LogP contribution is 2.73. The van der Waals surface area contributed by atoms with Gasteiger partial charge in [0.05, 0.1) is 5.39 Å². The smallest absolute Gasteiger partial charge is 0.507 e. The highest BCUT2D eigenvalue weighted by molar-refractivity contribution is 7.50. The van der Waals surface area contributed by atoms with Crippen LogP contribution in [0.3, 0.4) is 0 Å². The summed E-state index contributed by atoms with van der Waals surface area (Å²) in [5.74, 6) is -0.0800. The first-order valence-electron chi connectivity index (χ1n) is 4.78. The van der Waals surface area contributed by atoms with Crippen molar-refractivity contribution in [3.8, 4) is 28.7 Å². The summed E-state index contributed by atoms with van der Waals surface area (Å²) in [5.41, 5.74) is 0. The van der Waals surface area contributed by atoms with Gasteiger partial charge in [-0.05, 0) is 6.07 Å². The molecule has 86 valence electrons. The second-order valence-electron chi connectivity index (χ2n) is 3.76. The van der Waals surface area contributed by atoms with E-state index in [1.807, 2.05) is 0 Å². The summed E-state index contributed by atoms with van der Waals surface area (Å²) in [7, 11) is -3.64. The van der Waals surface area contributed by atoms with Crippen LogP contribution < -0.4 is 13.6 Å². The van der Waals surface area contributed by atoms with E-state index in [0.717, 1.165) is 0 Å². The van der Waals surface area contributed by atoms with E-state index in [9.17, 15) is 14.8 Å². The van der Waals surface area contributed by atoms with Crippen molar-refractivity contribution >= 4 is 18.6 Å². The molecule has 0 radical (unpaired) electrons. The number of hydrogen-bond donors (Lipinski definition) is 2. The molecular weight excluding hydrogens is 247 g/mol. The molecule has 1 unspecified atom stereocenters. The van der Waals surface area contributed by atoms with E-state index in [1.165, 1.54) is 6.07 Å². The third kappa shape index (κ3) is 0.900. The second kappa shape index (κ2) is 2.43. The van der Waals surface area contributed by atoms with E-state index >= 15 is 0 Å². The van der Waals surface area contributed by atoms with Gasteiger partial charge in [0, 0.05) is 5.39 Å². The third-order valence-corrected chi connectivity index (χ3v) is 3.98. The van der Waals surface area contributed by atoms with Crippen molar-refractivity contribution in [3.05, 3.63) is 18.2 Å². The Morgan fingerprint density at radius 2 is 1.71 bits per heavy atom. The molecule has 4 rings (SSSR count). The highest BCUT2D eigenvalue weighted by atomic mass is 31.2. The zero-order chi connectivity index (χ0) is 11.8. The van der Waals surface area contributed by atoms with Gasteiger partial charge in [-0.15, -0.1) is 0 Å². The molecule has 1 atom stereocenters. The minimum Gasteiger partial charge on any atom is -0.507 e. The molecule has 0 fully saturated rings. The predicted octanol–water partition coefficient (Wildman–Crippen LogP) is 2.52. The van der Waals surface area contributed by atoms with Gasteiger partial charge in [-0.25, -0.2) is 0 Å². The molecule has 2 aromatic carbocycles. The summed E-state index contributed by atoms with van der Waals surface area (Å²) in [6.07, 6.45) is 0. The molecule has 2 aromatic rings. The molecule has 0 amide bonds. The van der Waals surface area contributed by atoms with Crippen LogP contribution in [0.5, 0.6) is 28.7 Å². The van der Waals surface area contributed by atoms with Crippen molar-refractivity contribution in [2.45, 2.75) is 0 Å². The van der Waals surface area contributed by atoms with Crippen molar-refractivity contribution in [1.29, 1.82) is 0 Å². The zero-order valence-electron chi connectivity index (χ0n) is 8.21. The zero-order valence-corrected chi connectivity index (χ0v) is 9.10. The van der Waals surface area contributed by atoms with E-state index in [-0.39, 0.29) is 34.1 Å². The molecule has 2 N–H and O–H groups in total. The Bertz CT molecular complexity index is 737. The van der Waals surface area contributed by atoms with Crippen molar-refractivity contribution in [3.63, 3.8) is 0 Å². The fraction of sp³-hybridized carbons (Fsp3) is 0. The van der Waals surface area contributed by atoms with Crippen molar-refractivity contribution in [2.75, 3.05) is 0 Å². The molecule has 0 aromatic heterocycles. The summed E-state index contributed by atoms with van der Waals surface area (Å²) in [4.78, 5) is 0. The van der Waals surface area contributed by atoms with Crippen LogP contribution in [0.4, 0.5) is 0 Å². The van der Waals surface area contributed by atoms with E-state index in [1.54, 1.807) is 12.1 Å². The Kier molecular flexibility index (Phi) is 1.29. The number of hydrogen-bond acceptors (Lipinski definition) is 6. The number of phenols is 2. The topological polar surface area (TPSA) is 85.2 Å². The first-order chi connectivity index (χ1) is 8.09. The molecule has 2 bridgehead atoms. The molecule has 2 heterocycles. The number of phosphoric acid groups is 1. The first kappa shape index (κ1) is 9.01. The maximum absolute atomic E-state index is 11.8. The van der Waals surface area contributed by atoms with Gasteiger partial charge >= 0.3 is 7.82 Å². The quantitative estimate of drug-likeness (QED) is 0.700. The molecule has 0 spiro atoms. The van der Waals surface area contributed by atoms with Crippen LogP contribution in [0.2, 0.25) is 0 Å². The summed E-state index contributed by atoms with van der Waals surface area (Å²) in [6.45, 7) is 0. The summed E-state index contributed by atoms with van der Waals surface area (Å²) in [6, 6.07) is 4.64. The third-order valence-electron chi connectivity index (χ3n) is 2.76. The Balaban J connectivity index is 2.27. The summed E-state index contributed by atoms with van der Waals surface area (Å²) in [5, 5.41) is 20.3. The van der Waals surface area contributed by atoms with Gasteiger partial charge in [-0.3, -0.25) is 0 Å². The number of phenolic OH excluding ortho intramolecular Hbond substituents is 2. The van der Waals surface area contributed by atoms with Gasteiger partial charge in [0.15, 0.2) is 11.5 Å². The standard InChI is InChI=1S/C10H5O6P/c11-5-3-1-2-4-6(5)7(12)9-10-8(4)14-17(13,15-9)16-10/h1-3,11-12H. The maximum atomic E-state index is 11.8. The maximum Gasteiger partial charge on any atom is 0.647 e. The number of phosphoric ester groups is 1. The molecule has 2 aliphatic heterocycles. The molecule has 0 aliphatic carbocycles. The summed E-state index contributed by atoms with van der Waals surface area (Å²) < 4.78 is 26.7. The SMILES string of the molecule is O=P12Oc3c(c(O)c4c(O)cccc4c3O1)O2. The Morgan fingerprint density at radius 1 is 1.00 bits per heavy atom. The lowest BCUT2D eigenvalue weighted by molar-refractivity contribution is 0.347. The van der Waals surface area contributed by atoms with Crippen LogP contribution >= 0.6 is 7.82 Å². The fourth-order valence-electron chi connectivity index (χ4n) is 2.07. The first-order valence-corrected chi connectivity index (χ1v) is 6.24. The van der Waals surface area contributed by atoms with Crippen LogP contribution in [-0.4, -0.2) is 10.2 Å². The highest BCUT2D eigenvalue weighted by Gasteiger charge is 2.52. The van der Waals surface area contributed by atoms with E-state index in [4.69, 9.17) is 13.6 Å². The van der Waals surface area contributed by atoms with Crippen LogP contribution in [0, 0.1) is 0 Å². The van der Waals surface area contributed by atoms with Gasteiger partial charge in [-0.2, -0.15) is 4.57 Å². The normalized spacial score (nSPS) is 23.3. The van der Waals surface area contributed by atoms with E-state index < -0.39 is 7.82 Å². The van der Waals surface area contributed by atoms with Crippen molar-refractivity contribution in [2.24, 2.45) is 0 Å². The van der Waals surface area contributed by atoms with Gasteiger partial charge < -0.3 is 23.8 Å². The second-order valence-corrected chi connectivity index (χ2v) is 5.20. The monoisotopic (exact) mass is 252 g/mol. The average Bonchev–Trinajstić information content (AvgIpc) is 2.79. The van der Waals surface area contributed by atoms with Crippen molar-refractivity contribution < 1.29 is 28.3 Å². The number of aromatic hydroxyl groups is 2. The van der Waals surface area contributed by atoms with E-state index in [0.29, 0.717) is 5.39 Å². The van der Waals surface area contributed by atoms with Crippen LogP contribution in [0.15, 0.2) is 18.2 Å². The van der Waals surface area contributed by atoms with Crippen LogP contribution in [0.1, 0.15) is 0 Å². The summed E-state index contributed by atoms with van der Waals surface area (Å²) >= 11 is 0. The average molecular weight is 252 g/mol. The van der Waals surface area contributed by atoms with Gasteiger partial charge in [0.25, 0.3) is 0 Å². The van der Waals surface area contributed by atoms with E-state index in [2.05, 4.69) is 0 Å². The molecule has 0 saturated carbocycles. The fourth-order valence-corrected chi connectivity index (χ4v) is 3.37. The minimum atomic E-state index is -3.64. The molecular formula is C10H5O6P. The molecule has 17 heavy (non-hydrogen) atoms. The van der Waals surface area contributed by atoms with Crippen LogP contribution in [0.25, 0.3) is 10.8 Å². The Labute approximate surface area is 94.6 Å². The van der Waals surface area contributed by atoms with Crippen molar-refractivity contribution in [1.82, 2.24) is 0 Å². The molecule has 2 aliphatic rings. The number of fused-ring (bicyclic) bond motifs is 3. The lowest BCUT2D eigenvalue weighted by atomic mass is 10.1. The minimum absolute atomic E-state index is 0.0383. The van der Waals surface area contributed by atoms with Crippen LogP contribution in [-0.2, 0) is 4.57 Å². The van der Waals surface area contributed by atoms with Gasteiger partial charge in [-0.1, -0.05) is 12.1 Å². The Morgan fingerprint density at radius 3 is 2.47 bits per heavy atom. The number of benzene rings is 2. The largest absolute Gasteiger partial charge is 0.647 e. The predicted molar refractivity (Wildman–Crippen MR) is 56.8 cm³/mol. The molecule has 7 heteroatoms. The molecule has 6 nitrogen and oxygen atoms in total. The van der Waals surface area contributed by atoms with Gasteiger partial charge in [0.2, 0.25) is 11.5 Å². The lowest BCUT2D eigenvalue weighted by Gasteiger charge is -2.14. The number of rotatable bonds is 0. The Hall–Kier alpha value is -2.07. The molecule has 0 saturated heterocycles. The van der Waals surface area contributed by atoms with Gasteiger partial charge in [0.1, 0.15) is 5.75 Å². The lowest BCUT2D eigenvalue weighted by Crippen LogP contribution is -1.98.